The molecular weight excluding hydrogens is 565 g/mol. The van der Waals surface area contributed by atoms with Gasteiger partial charge in [0.25, 0.3) is 0 Å². The molecule has 1 rings (SSSR count). The van der Waals surface area contributed by atoms with Crippen LogP contribution in [-0.4, -0.2) is 42.6 Å². The molecule has 1 aromatic rings. The minimum atomic E-state index is -6.41. The molecule has 0 saturated heterocycles. The summed E-state index contributed by atoms with van der Waals surface area (Å²) in [7, 11) is -6.07. The molecule has 25 heavy (non-hydrogen) atoms. The fraction of sp³-hybridized carbons (Fsp3) is 0.364. The number of rotatable bonds is 4. The number of hydrogen-bond donors (Lipinski definition) is 0. The Bertz CT molecular complexity index is 762. The van der Waals surface area contributed by atoms with Crippen molar-refractivity contribution in [3.8, 4) is 0 Å². The van der Waals surface area contributed by atoms with Crippen molar-refractivity contribution in [2.45, 2.75) is 18.0 Å². The molecule has 0 radical (unpaired) electrons. The van der Waals surface area contributed by atoms with Crippen molar-refractivity contribution in [3.05, 3.63) is 31.8 Å². The summed E-state index contributed by atoms with van der Waals surface area (Å²) in [6.07, 6.45) is -12.8. The second kappa shape index (κ2) is 7.19. The molecule has 0 bridgehead atoms. The molecule has 1 aromatic carbocycles. The van der Waals surface area contributed by atoms with Gasteiger partial charge in [-0.05, 0) is 56.7 Å². The smallest absolute Gasteiger partial charge is 0.438 e. The highest BCUT2D eigenvalue weighted by atomic mass is 127. The van der Waals surface area contributed by atoms with Crippen LogP contribution in [0, 0.1) is 3.57 Å². The van der Waals surface area contributed by atoms with Crippen LogP contribution in [0.3, 0.4) is 0 Å². The van der Waals surface area contributed by atoms with Gasteiger partial charge in [0.05, 0.1) is 21.4 Å². The highest BCUT2D eigenvalue weighted by Crippen LogP contribution is 2.47. The van der Waals surface area contributed by atoms with Crippen molar-refractivity contribution in [3.63, 3.8) is 0 Å². The van der Waals surface area contributed by atoms with E-state index in [9.17, 15) is 44.1 Å². The maximum Gasteiger partial charge on any atom is 0.438 e. The molecule has 0 aliphatic rings. The third-order valence-corrected chi connectivity index (χ3v) is 4.83. The van der Waals surface area contributed by atoms with Crippen molar-refractivity contribution in [2.75, 3.05) is 5.75 Å². The normalized spacial score (nSPS) is 13.6. The lowest BCUT2D eigenvalue weighted by atomic mass is 10.1. The maximum atomic E-state index is 13.0. The first-order valence-corrected chi connectivity index (χ1v) is 9.20. The molecule has 0 heterocycles. The number of hydrogen-bond acceptors (Lipinski definition) is 5. The summed E-state index contributed by atoms with van der Waals surface area (Å²) in [4.78, 5) is 11.9. The van der Waals surface area contributed by atoms with Crippen molar-refractivity contribution in [1.82, 2.24) is 0 Å². The summed E-state index contributed by atoms with van der Waals surface area (Å²) >= 11 is 4.38. The van der Waals surface area contributed by atoms with Crippen molar-refractivity contribution in [1.29, 1.82) is 0 Å². The number of carbonyl (C=O) groups excluding carboxylic acids is 1. The average molecular weight is 570 g/mol. The van der Waals surface area contributed by atoms with Crippen LogP contribution in [0.15, 0.2) is 22.7 Å². The van der Waals surface area contributed by atoms with E-state index >= 15 is 0 Å². The Morgan fingerprint density at radius 1 is 1.16 bits per heavy atom. The molecule has 0 aromatic heterocycles. The minimum Gasteiger partial charge on any atom is -0.748 e. The third kappa shape index (κ3) is 5.19. The molecule has 0 unspecified atom stereocenters. The highest BCUT2D eigenvalue weighted by Gasteiger charge is 2.75. The summed E-state index contributed by atoms with van der Waals surface area (Å²) in [5.41, 5.74) is -6.22. The van der Waals surface area contributed by atoms with Gasteiger partial charge in [-0.25, -0.2) is 13.2 Å². The summed E-state index contributed by atoms with van der Waals surface area (Å²) in [6, 6.07) is 3.45. The molecule has 0 saturated carbocycles. The van der Waals surface area contributed by atoms with Crippen LogP contribution < -0.4 is 0 Å². The van der Waals surface area contributed by atoms with Gasteiger partial charge in [0, 0.05) is 8.04 Å². The van der Waals surface area contributed by atoms with Crippen molar-refractivity contribution >= 4 is 54.6 Å². The van der Waals surface area contributed by atoms with E-state index in [4.69, 9.17) is 0 Å². The van der Waals surface area contributed by atoms with Crippen LogP contribution in [0.25, 0.3) is 0 Å². The van der Waals surface area contributed by atoms with E-state index < -0.39 is 45.4 Å². The second-order valence-corrected chi connectivity index (χ2v) is 8.04. The molecule has 0 atom stereocenters. The zero-order chi connectivity index (χ0) is 19.8. The lowest BCUT2D eigenvalue weighted by molar-refractivity contribution is -0.356. The lowest BCUT2D eigenvalue weighted by Gasteiger charge is -2.36. The van der Waals surface area contributed by atoms with Crippen LogP contribution in [0.4, 0.5) is 26.3 Å². The Kier molecular flexibility index (Phi) is 6.45. The van der Waals surface area contributed by atoms with Crippen LogP contribution in [0.2, 0.25) is 0 Å². The van der Waals surface area contributed by atoms with Gasteiger partial charge in [-0.3, -0.25) is 0 Å². The molecule has 14 heteroatoms. The largest absolute Gasteiger partial charge is 0.748 e. The van der Waals surface area contributed by atoms with E-state index in [1.54, 1.807) is 22.6 Å². The number of esters is 1. The van der Waals surface area contributed by atoms with E-state index in [-0.39, 0.29) is 8.04 Å². The van der Waals surface area contributed by atoms with Gasteiger partial charge < -0.3 is 9.29 Å². The highest BCUT2D eigenvalue weighted by molar-refractivity contribution is 14.1. The molecule has 5 nitrogen and oxygen atoms in total. The monoisotopic (exact) mass is 569 g/mol. The van der Waals surface area contributed by atoms with Gasteiger partial charge in [-0.1, -0.05) is 0 Å². The van der Waals surface area contributed by atoms with Crippen LogP contribution in [0.5, 0.6) is 0 Å². The number of alkyl halides is 6. The molecule has 142 valence electrons. The lowest BCUT2D eigenvalue weighted by Crippen LogP contribution is -2.63. The van der Waals surface area contributed by atoms with Gasteiger partial charge in [-0.15, -0.1) is 0 Å². The average Bonchev–Trinajstić information content (AvgIpc) is 2.36. The van der Waals surface area contributed by atoms with Gasteiger partial charge in [0.2, 0.25) is 0 Å². The third-order valence-electron chi connectivity index (χ3n) is 2.71. The van der Waals surface area contributed by atoms with E-state index in [1.807, 2.05) is 0 Å². The van der Waals surface area contributed by atoms with E-state index in [0.717, 1.165) is 12.1 Å². The zero-order valence-electron chi connectivity index (χ0n) is 11.4. The standard InChI is InChI=1S/C11H6BrF6IO5S/c12-7-2-1-5(19)3-6(7)8(20)24-9(10(13,14)15,11(16,17)18)4-25(21,22)23/h1-3H,4H2,(H,21,22,23)/p-1. The maximum absolute atomic E-state index is 13.0. The Balaban J connectivity index is 3.53. The summed E-state index contributed by atoms with van der Waals surface area (Å²) in [5.74, 6) is -5.15. The van der Waals surface area contributed by atoms with Crippen LogP contribution >= 0.6 is 38.5 Å². The summed E-state index contributed by atoms with van der Waals surface area (Å²) < 4.78 is 114. The summed E-state index contributed by atoms with van der Waals surface area (Å²) in [5, 5.41) is 0. The molecule has 0 spiro atoms. The topological polar surface area (TPSA) is 83.5 Å². The Morgan fingerprint density at radius 2 is 1.64 bits per heavy atom. The van der Waals surface area contributed by atoms with Crippen molar-refractivity contribution in [2.24, 2.45) is 0 Å². The van der Waals surface area contributed by atoms with Gasteiger partial charge in [0.1, 0.15) is 0 Å². The summed E-state index contributed by atoms with van der Waals surface area (Å²) in [6.45, 7) is 0. The molecule has 0 aliphatic heterocycles. The fourth-order valence-electron chi connectivity index (χ4n) is 1.59. The van der Waals surface area contributed by atoms with E-state index in [0.29, 0.717) is 0 Å². The SMILES string of the molecule is O=C(OC(CS(=O)(=O)[O-])(C(F)(F)F)C(F)(F)F)c1cc(I)ccc1Br. The molecule has 0 amide bonds. The first-order valence-electron chi connectivity index (χ1n) is 5.75. The van der Waals surface area contributed by atoms with Gasteiger partial charge in [-0.2, -0.15) is 26.3 Å². The Labute approximate surface area is 158 Å². The molecule has 0 N–H and O–H groups in total. The number of ether oxygens (including phenoxy) is 1. The molecule has 0 fully saturated rings. The molecular formula is C11H5BrF6IO5S-. The Morgan fingerprint density at radius 3 is 2.04 bits per heavy atom. The first kappa shape index (κ1) is 22.4. The van der Waals surface area contributed by atoms with Crippen molar-refractivity contribution < 1.29 is 48.8 Å². The van der Waals surface area contributed by atoms with Gasteiger partial charge >= 0.3 is 23.9 Å². The first-order chi connectivity index (χ1) is 11.0. The van der Waals surface area contributed by atoms with Crippen LogP contribution in [0.1, 0.15) is 10.4 Å². The second-order valence-electron chi connectivity index (χ2n) is 4.54. The number of halogens is 8. The Hall–Kier alpha value is -0.610. The van der Waals surface area contributed by atoms with E-state index in [2.05, 4.69) is 20.7 Å². The fourth-order valence-corrected chi connectivity index (χ4v) is 3.37. The minimum absolute atomic E-state index is 0.193. The number of benzene rings is 1. The predicted molar refractivity (Wildman–Crippen MR) is 81.7 cm³/mol. The van der Waals surface area contributed by atoms with E-state index in [1.165, 1.54) is 6.07 Å². The van der Waals surface area contributed by atoms with Crippen LogP contribution in [-0.2, 0) is 14.9 Å². The molecule has 0 aliphatic carbocycles. The predicted octanol–water partition coefficient (Wildman–Crippen LogP) is 3.62. The zero-order valence-corrected chi connectivity index (χ0v) is 16.0. The quantitative estimate of drug-likeness (QED) is 0.239. The number of carbonyl (C=O) groups is 1. The van der Waals surface area contributed by atoms with Gasteiger partial charge in [0.15, 0.2) is 0 Å².